The summed E-state index contributed by atoms with van der Waals surface area (Å²) >= 11 is 0. The second-order valence-electron chi connectivity index (χ2n) is 7.05. The van der Waals surface area contributed by atoms with Crippen LogP contribution < -0.4 is 14.8 Å². The summed E-state index contributed by atoms with van der Waals surface area (Å²) in [7, 11) is 3.20. The Bertz CT molecular complexity index is 872. The molecule has 8 heteroatoms. The zero-order chi connectivity index (χ0) is 20.3. The van der Waals surface area contributed by atoms with Gasteiger partial charge < -0.3 is 29.2 Å². The molecule has 2 aliphatic heterocycles. The second-order valence-corrected chi connectivity index (χ2v) is 7.05. The molecule has 0 atom stereocenters. The number of benzene rings is 1. The predicted molar refractivity (Wildman–Crippen MR) is 107 cm³/mol. The molecule has 8 nitrogen and oxygen atoms in total. The first-order valence-corrected chi connectivity index (χ1v) is 9.64. The Morgan fingerprint density at radius 2 is 1.86 bits per heavy atom. The van der Waals surface area contributed by atoms with E-state index in [1.54, 1.807) is 38.7 Å². The van der Waals surface area contributed by atoms with Gasteiger partial charge in [-0.3, -0.25) is 9.78 Å². The number of ether oxygens (including phenoxy) is 4. The molecule has 0 saturated carbocycles. The SMILES string of the molecule is COc1ccc(Nc2cncc(C(=O)N3CCC4(CC3)OCCO4)c2)c(OC)c1. The molecule has 2 aliphatic rings. The van der Waals surface area contributed by atoms with Gasteiger partial charge >= 0.3 is 0 Å². The monoisotopic (exact) mass is 399 g/mol. The number of pyridine rings is 1. The summed E-state index contributed by atoms with van der Waals surface area (Å²) in [5.41, 5.74) is 2.00. The van der Waals surface area contributed by atoms with Crippen molar-refractivity contribution in [2.45, 2.75) is 18.6 Å². The predicted octanol–water partition coefficient (Wildman–Crippen LogP) is 2.82. The summed E-state index contributed by atoms with van der Waals surface area (Å²) in [5, 5.41) is 3.26. The first-order chi connectivity index (χ1) is 14.1. The van der Waals surface area contributed by atoms with E-state index in [-0.39, 0.29) is 5.91 Å². The number of methoxy groups -OCH3 is 2. The topological polar surface area (TPSA) is 82.2 Å². The van der Waals surface area contributed by atoms with Gasteiger partial charge in [0.05, 0.1) is 50.6 Å². The van der Waals surface area contributed by atoms with Crippen LogP contribution in [0.2, 0.25) is 0 Å². The molecule has 1 aromatic heterocycles. The molecule has 0 bridgehead atoms. The number of carbonyl (C=O) groups is 1. The Hall–Kier alpha value is -2.84. The normalized spacial score (nSPS) is 17.9. The van der Waals surface area contributed by atoms with Crippen molar-refractivity contribution in [1.82, 2.24) is 9.88 Å². The van der Waals surface area contributed by atoms with Gasteiger partial charge in [-0.2, -0.15) is 0 Å². The van der Waals surface area contributed by atoms with Crippen molar-refractivity contribution < 1.29 is 23.7 Å². The van der Waals surface area contributed by atoms with E-state index in [4.69, 9.17) is 18.9 Å². The van der Waals surface area contributed by atoms with Crippen LogP contribution in [0.1, 0.15) is 23.2 Å². The van der Waals surface area contributed by atoms with E-state index in [1.165, 1.54) is 0 Å². The van der Waals surface area contributed by atoms with Crippen LogP contribution >= 0.6 is 0 Å². The van der Waals surface area contributed by atoms with E-state index in [0.29, 0.717) is 61.9 Å². The number of amides is 1. The highest BCUT2D eigenvalue weighted by Gasteiger charge is 2.40. The Morgan fingerprint density at radius 1 is 1.10 bits per heavy atom. The van der Waals surface area contributed by atoms with Crippen LogP contribution in [0, 0.1) is 0 Å². The first-order valence-electron chi connectivity index (χ1n) is 9.64. The zero-order valence-electron chi connectivity index (χ0n) is 16.6. The lowest BCUT2D eigenvalue weighted by molar-refractivity contribution is -0.181. The molecular weight excluding hydrogens is 374 g/mol. The Kier molecular flexibility index (Phi) is 5.55. The Balaban J connectivity index is 1.45. The van der Waals surface area contributed by atoms with Gasteiger partial charge in [-0.1, -0.05) is 0 Å². The van der Waals surface area contributed by atoms with E-state index in [9.17, 15) is 4.79 Å². The van der Waals surface area contributed by atoms with Crippen molar-refractivity contribution in [3.8, 4) is 11.5 Å². The van der Waals surface area contributed by atoms with Crippen molar-refractivity contribution in [3.05, 3.63) is 42.2 Å². The van der Waals surface area contributed by atoms with Gasteiger partial charge in [-0.05, 0) is 18.2 Å². The minimum atomic E-state index is -0.497. The lowest BCUT2D eigenvalue weighted by atomic mass is 10.0. The summed E-state index contributed by atoms with van der Waals surface area (Å²) in [5.74, 6) is 0.797. The highest BCUT2D eigenvalue weighted by atomic mass is 16.7. The number of hydrogen-bond acceptors (Lipinski definition) is 7. The largest absolute Gasteiger partial charge is 0.497 e. The number of anilines is 2. The van der Waals surface area contributed by atoms with Gasteiger partial charge in [0.25, 0.3) is 5.91 Å². The third-order valence-corrected chi connectivity index (χ3v) is 5.30. The van der Waals surface area contributed by atoms with Gasteiger partial charge in [0.1, 0.15) is 11.5 Å². The minimum absolute atomic E-state index is 0.0457. The van der Waals surface area contributed by atoms with Crippen molar-refractivity contribution in [1.29, 1.82) is 0 Å². The average molecular weight is 399 g/mol. The van der Waals surface area contributed by atoms with E-state index < -0.39 is 5.79 Å². The van der Waals surface area contributed by atoms with E-state index in [0.717, 1.165) is 5.69 Å². The fraction of sp³-hybridized carbons (Fsp3) is 0.429. The second kappa shape index (κ2) is 8.26. The maximum absolute atomic E-state index is 12.9. The Labute approximate surface area is 169 Å². The minimum Gasteiger partial charge on any atom is -0.497 e. The highest BCUT2D eigenvalue weighted by molar-refractivity contribution is 5.95. The van der Waals surface area contributed by atoms with Gasteiger partial charge in [0.2, 0.25) is 0 Å². The van der Waals surface area contributed by atoms with Crippen LogP contribution in [0.3, 0.4) is 0 Å². The van der Waals surface area contributed by atoms with Crippen molar-refractivity contribution in [2.75, 3.05) is 45.8 Å². The summed E-state index contributed by atoms with van der Waals surface area (Å²) in [6.45, 7) is 2.45. The van der Waals surface area contributed by atoms with Crippen molar-refractivity contribution in [2.24, 2.45) is 0 Å². The molecule has 29 heavy (non-hydrogen) atoms. The molecule has 1 N–H and O–H groups in total. The van der Waals surface area contributed by atoms with E-state index >= 15 is 0 Å². The summed E-state index contributed by atoms with van der Waals surface area (Å²) < 4.78 is 22.1. The molecule has 4 rings (SSSR count). The van der Waals surface area contributed by atoms with Gasteiger partial charge in [-0.15, -0.1) is 0 Å². The van der Waals surface area contributed by atoms with E-state index in [2.05, 4.69) is 10.3 Å². The smallest absolute Gasteiger partial charge is 0.255 e. The molecule has 154 valence electrons. The molecule has 0 unspecified atom stereocenters. The number of piperidine rings is 1. The molecule has 1 amide bonds. The van der Waals surface area contributed by atoms with Gasteiger partial charge in [-0.25, -0.2) is 0 Å². The zero-order valence-corrected chi connectivity index (χ0v) is 16.6. The molecule has 2 saturated heterocycles. The molecule has 3 heterocycles. The fourth-order valence-corrected chi connectivity index (χ4v) is 3.70. The van der Waals surface area contributed by atoms with Crippen molar-refractivity contribution >= 4 is 17.3 Å². The maximum atomic E-state index is 12.9. The third-order valence-electron chi connectivity index (χ3n) is 5.30. The molecule has 0 aliphatic carbocycles. The molecular formula is C21H25N3O5. The third kappa shape index (κ3) is 4.13. The number of hydrogen-bond donors (Lipinski definition) is 1. The van der Waals surface area contributed by atoms with Crippen LogP contribution in [0.25, 0.3) is 0 Å². The number of likely N-dealkylation sites (tertiary alicyclic amines) is 1. The van der Waals surface area contributed by atoms with Crippen LogP contribution in [0.4, 0.5) is 11.4 Å². The molecule has 1 aromatic carbocycles. The number of aromatic nitrogens is 1. The molecule has 2 aromatic rings. The van der Waals surface area contributed by atoms with Crippen LogP contribution in [-0.2, 0) is 9.47 Å². The molecule has 2 fully saturated rings. The average Bonchev–Trinajstić information content (AvgIpc) is 3.22. The van der Waals surface area contributed by atoms with Crippen LogP contribution in [0.5, 0.6) is 11.5 Å². The number of nitrogens with zero attached hydrogens (tertiary/aromatic N) is 2. The van der Waals surface area contributed by atoms with Gasteiger partial charge in [0.15, 0.2) is 5.79 Å². The van der Waals surface area contributed by atoms with Crippen LogP contribution in [-0.4, -0.2) is 62.1 Å². The first kappa shape index (κ1) is 19.5. The summed E-state index contributed by atoms with van der Waals surface area (Å²) in [4.78, 5) is 19.0. The fourth-order valence-electron chi connectivity index (χ4n) is 3.70. The number of carbonyl (C=O) groups excluding carboxylic acids is 1. The van der Waals surface area contributed by atoms with E-state index in [1.807, 2.05) is 17.0 Å². The lowest BCUT2D eigenvalue weighted by Crippen LogP contribution is -2.47. The van der Waals surface area contributed by atoms with Crippen molar-refractivity contribution in [3.63, 3.8) is 0 Å². The Morgan fingerprint density at radius 3 is 2.55 bits per heavy atom. The van der Waals surface area contributed by atoms with Gasteiger partial charge in [0, 0.05) is 38.2 Å². The summed E-state index contributed by atoms with van der Waals surface area (Å²) in [6, 6.07) is 7.29. The number of rotatable bonds is 5. The molecule has 0 radical (unpaired) electrons. The standard InChI is InChI=1S/C21H25N3O5/c1-26-17-3-4-18(19(12-17)27-2)23-16-11-15(13-22-14-16)20(25)24-7-5-21(6-8-24)28-9-10-29-21/h3-4,11-14,23H,5-10H2,1-2H3. The number of nitrogens with one attached hydrogen (secondary N) is 1. The summed E-state index contributed by atoms with van der Waals surface area (Å²) in [6.07, 6.45) is 4.64. The molecule has 1 spiro atoms. The van der Waals surface area contributed by atoms with Crippen LogP contribution in [0.15, 0.2) is 36.7 Å². The quantitative estimate of drug-likeness (QED) is 0.828. The maximum Gasteiger partial charge on any atom is 0.255 e. The lowest BCUT2D eigenvalue weighted by Gasteiger charge is -2.37. The highest BCUT2D eigenvalue weighted by Crippen LogP contribution is 2.33.